The van der Waals surface area contributed by atoms with Crippen LogP contribution in [0, 0.1) is 5.92 Å². The molecule has 0 fully saturated rings. The Morgan fingerprint density at radius 2 is 1.43 bits per heavy atom. The molecule has 0 saturated heterocycles. The number of carboxylic acids is 2. The molecule has 0 radical (unpaired) electrons. The monoisotopic (exact) mass is 649 g/mol. The van der Waals surface area contributed by atoms with Crippen LogP contribution in [0.4, 0.5) is 0 Å². The van der Waals surface area contributed by atoms with Crippen molar-refractivity contribution in [2.75, 3.05) is 19.6 Å². The fourth-order valence-electron chi connectivity index (χ4n) is 4.04. The summed E-state index contributed by atoms with van der Waals surface area (Å²) < 4.78 is 0. The SMILES string of the molecule is CC(C)C(NC(=O)CN)C(=O)NC(CCCN=C(N)N)C(=O)NCC(=O)NC(CC(=O)O)C(=O)NC(Cc1ccccc1)C(=O)O. The molecule has 5 amide bonds. The highest BCUT2D eigenvalue weighted by Crippen LogP contribution is 2.07. The van der Waals surface area contributed by atoms with Crippen LogP contribution in [0.2, 0.25) is 0 Å². The number of aliphatic carboxylic acids is 2. The maximum atomic E-state index is 13.0. The smallest absolute Gasteiger partial charge is 0.326 e. The first-order valence-corrected chi connectivity index (χ1v) is 14.4. The third-order valence-corrected chi connectivity index (χ3v) is 6.38. The number of carbonyl (C=O) groups is 7. The number of amides is 5. The lowest BCUT2D eigenvalue weighted by atomic mass is 10.0. The second kappa shape index (κ2) is 19.9. The summed E-state index contributed by atoms with van der Waals surface area (Å²) >= 11 is 0. The van der Waals surface area contributed by atoms with Gasteiger partial charge >= 0.3 is 11.9 Å². The third kappa shape index (κ3) is 15.0. The fourth-order valence-corrected chi connectivity index (χ4v) is 4.04. The number of rotatable bonds is 20. The van der Waals surface area contributed by atoms with Gasteiger partial charge in [-0.1, -0.05) is 44.2 Å². The largest absolute Gasteiger partial charge is 0.481 e. The van der Waals surface area contributed by atoms with E-state index in [0.29, 0.717) is 5.56 Å². The average Bonchev–Trinajstić information content (AvgIpc) is 2.99. The van der Waals surface area contributed by atoms with Gasteiger partial charge in [0.25, 0.3) is 0 Å². The van der Waals surface area contributed by atoms with E-state index in [4.69, 9.17) is 17.2 Å². The zero-order valence-electron chi connectivity index (χ0n) is 25.7. The van der Waals surface area contributed by atoms with Crippen LogP contribution in [0.1, 0.15) is 38.7 Å². The number of guanidine groups is 1. The number of nitrogens with one attached hydrogen (secondary N) is 5. The van der Waals surface area contributed by atoms with E-state index in [1.54, 1.807) is 44.2 Å². The van der Waals surface area contributed by atoms with E-state index < -0.39 is 78.6 Å². The maximum absolute atomic E-state index is 13.0. The van der Waals surface area contributed by atoms with Crippen molar-refractivity contribution in [1.29, 1.82) is 0 Å². The fraction of sp³-hybridized carbons (Fsp3) is 0.500. The number of aliphatic imine (C=N–C) groups is 1. The van der Waals surface area contributed by atoms with Crippen LogP contribution in [0.25, 0.3) is 0 Å². The van der Waals surface area contributed by atoms with Crippen molar-refractivity contribution in [1.82, 2.24) is 26.6 Å². The van der Waals surface area contributed by atoms with Gasteiger partial charge in [-0.25, -0.2) is 4.79 Å². The van der Waals surface area contributed by atoms with Crippen LogP contribution in [0.3, 0.4) is 0 Å². The predicted octanol–water partition coefficient (Wildman–Crippen LogP) is -3.49. The highest BCUT2D eigenvalue weighted by atomic mass is 16.4. The standard InChI is InChI=1S/C28H43N9O9/c1-15(2)23(37-20(38)13-29)26(44)35-17(9-6-10-32-28(30)31)24(42)33-14-21(39)34-18(12-22(40)41)25(43)36-19(27(45)46)11-16-7-4-3-5-8-16/h3-5,7-8,15,17-19,23H,6,9-14,29H2,1-2H3,(H,33,42)(H,34,39)(H,35,44)(H,36,43)(H,37,38)(H,40,41)(H,45,46)(H4,30,31,32). The summed E-state index contributed by atoms with van der Waals surface area (Å²) in [7, 11) is 0. The minimum Gasteiger partial charge on any atom is -0.481 e. The van der Waals surface area contributed by atoms with E-state index in [1.807, 2.05) is 0 Å². The highest BCUT2D eigenvalue weighted by Gasteiger charge is 2.30. The van der Waals surface area contributed by atoms with E-state index in [0.717, 1.165) is 0 Å². The molecule has 4 atom stereocenters. The molecular formula is C28H43N9O9. The Hall–Kier alpha value is -5.26. The minimum absolute atomic E-state index is 0.0215. The summed E-state index contributed by atoms with van der Waals surface area (Å²) in [4.78, 5) is 90.3. The lowest BCUT2D eigenvalue weighted by Crippen LogP contribution is -2.57. The molecule has 254 valence electrons. The van der Waals surface area contributed by atoms with Crippen LogP contribution in [0.15, 0.2) is 35.3 Å². The maximum Gasteiger partial charge on any atom is 0.326 e. The molecule has 0 heterocycles. The minimum atomic E-state index is -1.67. The molecule has 0 saturated carbocycles. The first kappa shape index (κ1) is 38.8. The lowest BCUT2D eigenvalue weighted by molar-refractivity contribution is -0.143. The van der Waals surface area contributed by atoms with E-state index in [-0.39, 0.29) is 44.2 Å². The number of carbonyl (C=O) groups excluding carboxylic acids is 5. The van der Waals surface area contributed by atoms with Gasteiger partial charge < -0.3 is 54.0 Å². The molecule has 1 rings (SSSR count). The van der Waals surface area contributed by atoms with Gasteiger partial charge in [-0.2, -0.15) is 0 Å². The van der Waals surface area contributed by atoms with Crippen LogP contribution in [-0.4, -0.2) is 101 Å². The van der Waals surface area contributed by atoms with Crippen molar-refractivity contribution in [2.24, 2.45) is 28.1 Å². The van der Waals surface area contributed by atoms with Gasteiger partial charge in [0.05, 0.1) is 19.5 Å². The molecule has 0 aromatic heterocycles. The van der Waals surface area contributed by atoms with Crippen molar-refractivity contribution >= 4 is 47.4 Å². The molecule has 0 spiro atoms. The molecule has 1 aromatic carbocycles. The number of hydrogen-bond acceptors (Lipinski definition) is 9. The molecule has 0 aliphatic heterocycles. The lowest BCUT2D eigenvalue weighted by Gasteiger charge is -2.25. The van der Waals surface area contributed by atoms with Crippen molar-refractivity contribution in [3.63, 3.8) is 0 Å². The molecule has 1 aromatic rings. The van der Waals surface area contributed by atoms with Crippen molar-refractivity contribution in [3.05, 3.63) is 35.9 Å². The molecule has 0 aliphatic carbocycles. The van der Waals surface area contributed by atoms with Crippen molar-refractivity contribution in [3.8, 4) is 0 Å². The van der Waals surface area contributed by atoms with Gasteiger partial charge in [0, 0.05) is 13.0 Å². The zero-order chi connectivity index (χ0) is 34.8. The third-order valence-electron chi connectivity index (χ3n) is 6.38. The van der Waals surface area contributed by atoms with Crippen molar-refractivity contribution < 1.29 is 43.8 Å². The molecule has 18 nitrogen and oxygen atoms in total. The van der Waals surface area contributed by atoms with E-state index in [1.165, 1.54) is 0 Å². The topological polar surface area (TPSA) is 311 Å². The summed E-state index contributed by atoms with van der Waals surface area (Å²) in [6, 6.07) is 3.05. The van der Waals surface area contributed by atoms with E-state index >= 15 is 0 Å². The Morgan fingerprint density at radius 3 is 1.98 bits per heavy atom. The number of nitrogens with two attached hydrogens (primary N) is 3. The summed E-state index contributed by atoms with van der Waals surface area (Å²) in [5, 5.41) is 30.6. The van der Waals surface area contributed by atoms with Gasteiger partial charge in [-0.3, -0.25) is 33.8 Å². The molecule has 18 heteroatoms. The van der Waals surface area contributed by atoms with Crippen LogP contribution >= 0.6 is 0 Å². The molecule has 4 unspecified atom stereocenters. The number of benzene rings is 1. The van der Waals surface area contributed by atoms with Crippen LogP contribution in [-0.2, 0) is 40.0 Å². The molecule has 0 bridgehead atoms. The predicted molar refractivity (Wildman–Crippen MR) is 165 cm³/mol. The van der Waals surface area contributed by atoms with E-state index in [9.17, 15) is 43.8 Å². The molecular weight excluding hydrogens is 606 g/mol. The second-order valence-electron chi connectivity index (χ2n) is 10.5. The Bertz CT molecular complexity index is 1250. The normalized spacial score (nSPS) is 13.2. The summed E-state index contributed by atoms with van der Waals surface area (Å²) in [5.41, 5.74) is 16.6. The van der Waals surface area contributed by atoms with Gasteiger partial charge in [0.2, 0.25) is 29.5 Å². The van der Waals surface area contributed by atoms with Gasteiger partial charge in [-0.05, 0) is 24.3 Å². The Balaban J connectivity index is 2.96. The summed E-state index contributed by atoms with van der Waals surface area (Å²) in [6.07, 6.45) is -0.723. The Kier molecular flexibility index (Phi) is 16.8. The number of carboxylic acid groups (broad SMARTS) is 2. The number of nitrogens with zero attached hydrogens (tertiary/aromatic N) is 1. The summed E-state index contributed by atoms with van der Waals surface area (Å²) in [5.74, 6) is -7.50. The van der Waals surface area contributed by atoms with Gasteiger partial charge in [0.1, 0.15) is 24.2 Å². The quantitative estimate of drug-likeness (QED) is 0.0374. The first-order valence-electron chi connectivity index (χ1n) is 14.4. The van der Waals surface area contributed by atoms with Crippen molar-refractivity contribution in [2.45, 2.75) is 63.7 Å². The van der Waals surface area contributed by atoms with E-state index in [2.05, 4.69) is 31.6 Å². The average molecular weight is 650 g/mol. The molecule has 46 heavy (non-hydrogen) atoms. The summed E-state index contributed by atoms with van der Waals surface area (Å²) in [6.45, 7) is 2.37. The molecule has 13 N–H and O–H groups in total. The van der Waals surface area contributed by atoms with Gasteiger partial charge in [0.15, 0.2) is 5.96 Å². The number of hydrogen-bond donors (Lipinski definition) is 10. The second-order valence-corrected chi connectivity index (χ2v) is 10.5. The Morgan fingerprint density at radius 1 is 0.804 bits per heavy atom. The van der Waals surface area contributed by atoms with Gasteiger partial charge in [-0.15, -0.1) is 0 Å². The Labute approximate surface area is 265 Å². The van der Waals surface area contributed by atoms with Crippen LogP contribution in [0.5, 0.6) is 0 Å². The first-order chi connectivity index (χ1) is 21.6. The van der Waals surface area contributed by atoms with Crippen LogP contribution < -0.4 is 43.8 Å². The zero-order valence-corrected chi connectivity index (χ0v) is 25.7. The molecule has 0 aliphatic rings. The highest BCUT2D eigenvalue weighted by molar-refractivity contribution is 5.96.